The largest absolute Gasteiger partial charge is 0.329 e. The average Bonchev–Trinajstić information content (AvgIpc) is 2.80. The highest BCUT2D eigenvalue weighted by molar-refractivity contribution is 5.82. The third-order valence-electron chi connectivity index (χ3n) is 3.29. The first kappa shape index (κ1) is 15.7. The molecule has 0 bridgehead atoms. The van der Waals surface area contributed by atoms with E-state index in [4.69, 9.17) is 0 Å². The second kappa shape index (κ2) is 6.00. The van der Waals surface area contributed by atoms with Crippen molar-refractivity contribution in [1.82, 2.24) is 19.1 Å². The van der Waals surface area contributed by atoms with Crippen molar-refractivity contribution < 1.29 is 0 Å². The maximum atomic E-state index is 12.1. The zero-order chi connectivity index (χ0) is 16.4. The SMILES string of the molecule is C=C(C)Cn1c(NN=C(C)CC)nc2c1c(=O)[nH]c(=O)n2C. The van der Waals surface area contributed by atoms with Crippen LogP contribution in [0.5, 0.6) is 0 Å². The highest BCUT2D eigenvalue weighted by atomic mass is 16.2. The molecule has 0 aliphatic carbocycles. The lowest BCUT2D eigenvalue weighted by molar-refractivity contribution is 0.799. The molecule has 0 radical (unpaired) electrons. The standard InChI is InChI=1S/C14H20N6O2/c1-6-9(4)17-18-13-15-11-10(20(13)7-8(2)3)12(21)16-14(22)19(11)5/h2,6-7H2,1,3-5H3,(H,15,18)(H,16,21,22). The predicted molar refractivity (Wildman–Crippen MR) is 87.4 cm³/mol. The number of fused-ring (bicyclic) bond motifs is 1. The Balaban J connectivity index is 2.72. The van der Waals surface area contributed by atoms with Crippen LogP contribution in [0.4, 0.5) is 5.95 Å². The molecule has 2 aromatic rings. The second-order valence-electron chi connectivity index (χ2n) is 5.28. The summed E-state index contributed by atoms with van der Waals surface area (Å²) in [5.74, 6) is 0.400. The van der Waals surface area contributed by atoms with E-state index in [1.165, 1.54) is 4.57 Å². The van der Waals surface area contributed by atoms with Crippen LogP contribution in [0.25, 0.3) is 11.2 Å². The molecule has 0 unspecified atom stereocenters. The van der Waals surface area contributed by atoms with Crippen molar-refractivity contribution in [3.63, 3.8) is 0 Å². The Labute approximate surface area is 127 Å². The van der Waals surface area contributed by atoms with Crippen LogP contribution in [-0.2, 0) is 13.6 Å². The minimum atomic E-state index is -0.503. The van der Waals surface area contributed by atoms with Crippen LogP contribution < -0.4 is 16.7 Å². The van der Waals surface area contributed by atoms with E-state index in [1.54, 1.807) is 11.6 Å². The fraction of sp³-hybridized carbons (Fsp3) is 0.429. The zero-order valence-electron chi connectivity index (χ0n) is 13.2. The number of rotatable bonds is 5. The van der Waals surface area contributed by atoms with Crippen LogP contribution in [-0.4, -0.2) is 24.8 Å². The molecular weight excluding hydrogens is 284 g/mol. The van der Waals surface area contributed by atoms with Gasteiger partial charge >= 0.3 is 5.69 Å². The Morgan fingerprint density at radius 2 is 2.09 bits per heavy atom. The van der Waals surface area contributed by atoms with Gasteiger partial charge in [0.05, 0.1) is 0 Å². The van der Waals surface area contributed by atoms with Gasteiger partial charge in [-0.2, -0.15) is 10.1 Å². The van der Waals surface area contributed by atoms with Gasteiger partial charge < -0.3 is 0 Å². The summed E-state index contributed by atoms with van der Waals surface area (Å²) in [6.45, 7) is 10.0. The van der Waals surface area contributed by atoms with Gasteiger partial charge in [0.15, 0.2) is 11.2 Å². The van der Waals surface area contributed by atoms with Crippen LogP contribution >= 0.6 is 0 Å². The summed E-state index contributed by atoms with van der Waals surface area (Å²) in [5, 5.41) is 4.21. The van der Waals surface area contributed by atoms with Crippen molar-refractivity contribution in [3.8, 4) is 0 Å². The zero-order valence-corrected chi connectivity index (χ0v) is 13.2. The Morgan fingerprint density at radius 3 is 2.68 bits per heavy atom. The summed E-state index contributed by atoms with van der Waals surface area (Å²) in [6.07, 6.45) is 0.798. The fourth-order valence-electron chi connectivity index (χ4n) is 1.97. The molecule has 22 heavy (non-hydrogen) atoms. The third kappa shape index (κ3) is 2.85. The van der Waals surface area contributed by atoms with E-state index in [2.05, 4.69) is 27.1 Å². The predicted octanol–water partition coefficient (Wildman–Crippen LogP) is 1.20. The molecule has 0 atom stereocenters. The van der Waals surface area contributed by atoms with E-state index >= 15 is 0 Å². The van der Waals surface area contributed by atoms with Gasteiger partial charge in [-0.25, -0.2) is 10.2 Å². The maximum absolute atomic E-state index is 12.1. The highest BCUT2D eigenvalue weighted by Gasteiger charge is 2.17. The molecule has 0 saturated heterocycles. The van der Waals surface area contributed by atoms with Crippen LogP contribution in [0.1, 0.15) is 27.2 Å². The van der Waals surface area contributed by atoms with Gasteiger partial charge in [0.2, 0.25) is 5.95 Å². The number of aromatic nitrogens is 4. The number of aryl methyl sites for hydroxylation is 1. The van der Waals surface area contributed by atoms with Gasteiger partial charge in [-0.15, -0.1) is 0 Å². The molecule has 0 amide bonds. The number of nitrogens with zero attached hydrogens (tertiary/aromatic N) is 4. The Morgan fingerprint density at radius 1 is 1.41 bits per heavy atom. The number of nitrogens with one attached hydrogen (secondary N) is 2. The lowest BCUT2D eigenvalue weighted by Gasteiger charge is -2.08. The maximum Gasteiger partial charge on any atom is 0.329 e. The van der Waals surface area contributed by atoms with Gasteiger partial charge in [0.25, 0.3) is 5.56 Å². The molecule has 0 spiro atoms. The van der Waals surface area contributed by atoms with E-state index in [9.17, 15) is 9.59 Å². The highest BCUT2D eigenvalue weighted by Crippen LogP contribution is 2.16. The van der Waals surface area contributed by atoms with Crippen molar-refractivity contribution in [2.45, 2.75) is 33.7 Å². The van der Waals surface area contributed by atoms with Crippen LogP contribution in [0.2, 0.25) is 0 Å². The van der Waals surface area contributed by atoms with Crippen LogP contribution in [0, 0.1) is 0 Å². The third-order valence-corrected chi connectivity index (χ3v) is 3.29. The van der Waals surface area contributed by atoms with E-state index in [0.29, 0.717) is 23.7 Å². The van der Waals surface area contributed by atoms with E-state index in [0.717, 1.165) is 17.7 Å². The number of allylic oxidation sites excluding steroid dienone is 1. The lowest BCUT2D eigenvalue weighted by atomic mass is 10.3. The summed E-state index contributed by atoms with van der Waals surface area (Å²) in [7, 11) is 1.56. The molecular formula is C14H20N6O2. The Hall–Kier alpha value is -2.64. The number of imidazole rings is 1. The van der Waals surface area contributed by atoms with Gasteiger partial charge in [-0.05, 0) is 20.3 Å². The van der Waals surface area contributed by atoms with Crippen LogP contribution in [0.3, 0.4) is 0 Å². The number of hydrazone groups is 1. The van der Waals surface area contributed by atoms with Crippen molar-refractivity contribution in [2.24, 2.45) is 12.1 Å². The average molecular weight is 304 g/mol. The molecule has 2 rings (SSSR count). The first-order valence-corrected chi connectivity index (χ1v) is 6.98. The molecule has 0 saturated carbocycles. The van der Waals surface area contributed by atoms with Gasteiger partial charge in [0, 0.05) is 19.3 Å². The number of hydrogen-bond acceptors (Lipinski definition) is 5. The summed E-state index contributed by atoms with van der Waals surface area (Å²) >= 11 is 0. The van der Waals surface area contributed by atoms with Crippen molar-refractivity contribution in [2.75, 3.05) is 5.43 Å². The number of anilines is 1. The van der Waals surface area contributed by atoms with E-state index in [1.807, 2.05) is 20.8 Å². The van der Waals surface area contributed by atoms with E-state index in [-0.39, 0.29) is 0 Å². The van der Waals surface area contributed by atoms with Crippen molar-refractivity contribution >= 4 is 22.8 Å². The molecule has 118 valence electrons. The first-order chi connectivity index (χ1) is 10.3. The summed E-state index contributed by atoms with van der Waals surface area (Å²) in [6, 6.07) is 0. The summed E-state index contributed by atoms with van der Waals surface area (Å²) in [5.41, 5.74) is 4.26. The first-order valence-electron chi connectivity index (χ1n) is 6.98. The molecule has 8 nitrogen and oxygen atoms in total. The summed E-state index contributed by atoms with van der Waals surface area (Å²) < 4.78 is 2.97. The van der Waals surface area contributed by atoms with Crippen molar-refractivity contribution in [1.29, 1.82) is 0 Å². The van der Waals surface area contributed by atoms with Crippen molar-refractivity contribution in [3.05, 3.63) is 33.0 Å². The van der Waals surface area contributed by atoms with Gasteiger partial charge in [0.1, 0.15) is 0 Å². The summed E-state index contributed by atoms with van der Waals surface area (Å²) in [4.78, 5) is 30.5. The molecule has 2 aromatic heterocycles. The molecule has 2 N–H and O–H groups in total. The smallest absolute Gasteiger partial charge is 0.299 e. The minimum Gasteiger partial charge on any atom is -0.299 e. The second-order valence-corrected chi connectivity index (χ2v) is 5.28. The van der Waals surface area contributed by atoms with Gasteiger partial charge in [-0.1, -0.05) is 19.1 Å². The van der Waals surface area contributed by atoms with E-state index < -0.39 is 11.2 Å². The number of H-pyrrole nitrogens is 1. The topological polar surface area (TPSA) is 97.1 Å². The minimum absolute atomic E-state index is 0.307. The Bertz CT molecular complexity index is 868. The molecule has 2 heterocycles. The molecule has 0 aromatic carbocycles. The van der Waals surface area contributed by atoms with Gasteiger partial charge in [-0.3, -0.25) is 18.9 Å². The Kier molecular flexibility index (Phi) is 4.30. The lowest BCUT2D eigenvalue weighted by Crippen LogP contribution is -2.29. The fourth-order valence-corrected chi connectivity index (χ4v) is 1.97. The number of aromatic amines is 1. The molecule has 0 aliphatic heterocycles. The molecule has 0 aliphatic rings. The monoisotopic (exact) mass is 304 g/mol. The quantitative estimate of drug-likeness (QED) is 0.492. The van der Waals surface area contributed by atoms with Crippen LogP contribution in [0.15, 0.2) is 26.8 Å². The number of hydrogen-bond donors (Lipinski definition) is 2. The molecule has 8 heteroatoms. The molecule has 0 fully saturated rings. The normalized spacial score (nSPS) is 11.9.